The molecule has 0 aliphatic carbocycles. The van der Waals surface area contributed by atoms with E-state index in [4.69, 9.17) is 9.47 Å². The third kappa shape index (κ3) is 3.77. The van der Waals surface area contributed by atoms with Crippen LogP contribution in [-0.4, -0.2) is 45.7 Å². The van der Waals surface area contributed by atoms with Crippen LogP contribution < -0.4 is 14.8 Å². The number of carbonyl (C=O) groups excluding carboxylic acids is 1. The van der Waals surface area contributed by atoms with E-state index in [0.29, 0.717) is 5.75 Å². The van der Waals surface area contributed by atoms with E-state index >= 15 is 0 Å². The van der Waals surface area contributed by atoms with Crippen LogP contribution in [0.3, 0.4) is 0 Å². The minimum atomic E-state index is 0.000544. The Morgan fingerprint density at radius 2 is 1.84 bits per heavy atom. The Kier molecular flexibility index (Phi) is 5.48. The molecule has 0 atom stereocenters. The Morgan fingerprint density at radius 3 is 2.32 bits per heavy atom. The van der Waals surface area contributed by atoms with Crippen LogP contribution in [0.1, 0.15) is 12.5 Å². The number of methoxy groups -OCH3 is 2. The Balaban J connectivity index is 2.95. The number of rotatable bonds is 6. The summed E-state index contributed by atoms with van der Waals surface area (Å²) in [5, 5.41) is 3.08. The van der Waals surface area contributed by atoms with Gasteiger partial charge in [-0.3, -0.25) is 4.79 Å². The summed E-state index contributed by atoms with van der Waals surface area (Å²) in [4.78, 5) is 13.1. The number of nitrogens with one attached hydrogen (secondary N) is 1. The van der Waals surface area contributed by atoms with Gasteiger partial charge in [0.15, 0.2) is 0 Å². The van der Waals surface area contributed by atoms with Crippen molar-refractivity contribution in [3.63, 3.8) is 0 Å². The zero-order chi connectivity index (χ0) is 14.4. The lowest BCUT2D eigenvalue weighted by molar-refractivity contribution is -0.126. The molecule has 1 amide bonds. The molecule has 0 unspecified atom stereocenters. The summed E-state index contributed by atoms with van der Waals surface area (Å²) in [5.74, 6) is 1.51. The van der Waals surface area contributed by atoms with Crippen LogP contribution in [0.15, 0.2) is 12.1 Å². The Bertz CT molecular complexity index is 445. The van der Waals surface area contributed by atoms with Crippen molar-refractivity contribution in [3.8, 4) is 11.5 Å². The van der Waals surface area contributed by atoms with Crippen molar-refractivity contribution < 1.29 is 14.3 Å². The van der Waals surface area contributed by atoms with Crippen molar-refractivity contribution in [2.75, 3.05) is 40.2 Å². The first-order valence-electron chi connectivity index (χ1n) is 6.22. The highest BCUT2D eigenvalue weighted by Crippen LogP contribution is 2.33. The van der Waals surface area contributed by atoms with Gasteiger partial charge in [-0.2, -0.15) is 0 Å². The maximum Gasteiger partial charge on any atom is 0.241 e. The lowest BCUT2D eigenvalue weighted by Crippen LogP contribution is -2.28. The molecule has 1 rings (SSSR count). The fraction of sp³-hybridized carbons (Fsp3) is 0.500. The Labute approximate surface area is 114 Å². The number of ether oxygens (including phenoxy) is 2. The van der Waals surface area contributed by atoms with E-state index in [0.717, 1.165) is 23.4 Å². The Morgan fingerprint density at radius 1 is 1.21 bits per heavy atom. The van der Waals surface area contributed by atoms with Crippen LogP contribution in [0.4, 0.5) is 5.69 Å². The van der Waals surface area contributed by atoms with Crippen molar-refractivity contribution in [1.29, 1.82) is 0 Å². The number of nitrogens with zero attached hydrogens (tertiary/aromatic N) is 1. The zero-order valence-corrected chi connectivity index (χ0v) is 12.2. The lowest BCUT2D eigenvalue weighted by atomic mass is 10.1. The maximum atomic E-state index is 11.6. The first kappa shape index (κ1) is 15.1. The molecule has 0 spiro atoms. The monoisotopic (exact) mass is 266 g/mol. The van der Waals surface area contributed by atoms with Crippen LogP contribution in [-0.2, 0) is 11.2 Å². The zero-order valence-electron chi connectivity index (χ0n) is 12.2. The predicted molar refractivity (Wildman–Crippen MR) is 76.1 cm³/mol. The van der Waals surface area contributed by atoms with E-state index in [2.05, 4.69) is 12.2 Å². The van der Waals surface area contributed by atoms with Crippen molar-refractivity contribution >= 4 is 11.6 Å². The Hall–Kier alpha value is -1.91. The number of carbonyl (C=O) groups is 1. The molecule has 0 saturated carbocycles. The van der Waals surface area contributed by atoms with Crippen molar-refractivity contribution in [2.24, 2.45) is 0 Å². The van der Waals surface area contributed by atoms with Crippen LogP contribution in [0.25, 0.3) is 0 Å². The second-order valence-electron chi connectivity index (χ2n) is 4.36. The number of hydrogen-bond acceptors (Lipinski definition) is 4. The van der Waals surface area contributed by atoms with Crippen LogP contribution in [0, 0.1) is 0 Å². The van der Waals surface area contributed by atoms with E-state index in [1.165, 1.54) is 4.90 Å². The minimum absolute atomic E-state index is 0.000544. The highest BCUT2D eigenvalue weighted by atomic mass is 16.5. The number of likely N-dealkylation sites (N-methyl/N-ethyl adjacent to an activating group) is 1. The number of aryl methyl sites for hydroxylation is 1. The van der Waals surface area contributed by atoms with E-state index in [-0.39, 0.29) is 12.5 Å². The molecule has 0 heterocycles. The smallest absolute Gasteiger partial charge is 0.241 e. The van der Waals surface area contributed by atoms with Gasteiger partial charge in [-0.05, 0) is 18.1 Å². The third-order valence-corrected chi connectivity index (χ3v) is 2.91. The first-order valence-corrected chi connectivity index (χ1v) is 6.22. The second-order valence-corrected chi connectivity index (χ2v) is 4.36. The number of amides is 1. The molecule has 106 valence electrons. The average molecular weight is 266 g/mol. The summed E-state index contributed by atoms with van der Waals surface area (Å²) in [6.07, 6.45) is 0.858. The fourth-order valence-corrected chi connectivity index (χ4v) is 1.70. The highest BCUT2D eigenvalue weighted by Gasteiger charge is 2.11. The molecule has 0 aliphatic rings. The first-order chi connectivity index (χ1) is 9.03. The van der Waals surface area contributed by atoms with Crippen molar-refractivity contribution in [1.82, 2.24) is 4.90 Å². The van der Waals surface area contributed by atoms with Crippen LogP contribution >= 0.6 is 0 Å². The number of hydrogen-bond donors (Lipinski definition) is 1. The predicted octanol–water partition coefficient (Wildman–Crippen LogP) is 1.77. The summed E-state index contributed by atoms with van der Waals surface area (Å²) in [6.45, 7) is 2.28. The van der Waals surface area contributed by atoms with Gasteiger partial charge in [0, 0.05) is 20.2 Å². The third-order valence-electron chi connectivity index (χ3n) is 2.91. The van der Waals surface area contributed by atoms with Gasteiger partial charge in [0.2, 0.25) is 5.91 Å². The standard InChI is InChI=1S/C14H22N2O3/c1-6-10-7-13(19-5)11(8-12(10)18-4)15-9-14(17)16(2)3/h7-8,15H,6,9H2,1-5H3. The maximum absolute atomic E-state index is 11.6. The number of anilines is 1. The van der Waals surface area contributed by atoms with E-state index < -0.39 is 0 Å². The van der Waals surface area contributed by atoms with E-state index in [1.54, 1.807) is 28.3 Å². The molecule has 1 aromatic carbocycles. The average Bonchev–Trinajstić information content (AvgIpc) is 2.43. The second kappa shape index (κ2) is 6.87. The molecule has 0 fully saturated rings. The molecule has 0 radical (unpaired) electrons. The SMILES string of the molecule is CCc1cc(OC)c(NCC(=O)N(C)C)cc1OC. The number of benzene rings is 1. The van der Waals surface area contributed by atoms with E-state index in [9.17, 15) is 4.79 Å². The van der Waals surface area contributed by atoms with Crippen LogP contribution in [0.5, 0.6) is 11.5 Å². The molecular weight excluding hydrogens is 244 g/mol. The molecule has 1 N–H and O–H groups in total. The topological polar surface area (TPSA) is 50.8 Å². The summed E-state index contributed by atoms with van der Waals surface area (Å²) < 4.78 is 10.7. The van der Waals surface area contributed by atoms with Gasteiger partial charge in [-0.25, -0.2) is 0 Å². The molecule has 0 aliphatic heterocycles. The van der Waals surface area contributed by atoms with E-state index in [1.807, 2.05) is 12.1 Å². The lowest BCUT2D eigenvalue weighted by Gasteiger charge is -2.16. The van der Waals surface area contributed by atoms with Gasteiger partial charge < -0.3 is 19.7 Å². The largest absolute Gasteiger partial charge is 0.496 e. The summed E-state index contributed by atoms with van der Waals surface area (Å²) >= 11 is 0. The highest BCUT2D eigenvalue weighted by molar-refractivity contribution is 5.81. The molecular formula is C14H22N2O3. The molecule has 0 aromatic heterocycles. The molecule has 5 heteroatoms. The molecule has 1 aromatic rings. The normalized spacial score (nSPS) is 9.95. The molecule has 19 heavy (non-hydrogen) atoms. The molecule has 0 saturated heterocycles. The fourth-order valence-electron chi connectivity index (χ4n) is 1.70. The van der Waals surface area contributed by atoms with Gasteiger partial charge in [0.25, 0.3) is 0 Å². The van der Waals surface area contributed by atoms with Gasteiger partial charge in [-0.1, -0.05) is 6.92 Å². The molecule has 0 bridgehead atoms. The van der Waals surface area contributed by atoms with Gasteiger partial charge in [0.05, 0.1) is 26.5 Å². The van der Waals surface area contributed by atoms with Crippen molar-refractivity contribution in [2.45, 2.75) is 13.3 Å². The molecule has 5 nitrogen and oxygen atoms in total. The van der Waals surface area contributed by atoms with Gasteiger partial charge in [-0.15, -0.1) is 0 Å². The van der Waals surface area contributed by atoms with Crippen LogP contribution in [0.2, 0.25) is 0 Å². The summed E-state index contributed by atoms with van der Waals surface area (Å²) in [6, 6.07) is 3.79. The van der Waals surface area contributed by atoms with Gasteiger partial charge >= 0.3 is 0 Å². The quantitative estimate of drug-likeness (QED) is 0.852. The minimum Gasteiger partial charge on any atom is -0.496 e. The van der Waals surface area contributed by atoms with Gasteiger partial charge in [0.1, 0.15) is 11.5 Å². The summed E-state index contributed by atoms with van der Waals surface area (Å²) in [7, 11) is 6.69. The van der Waals surface area contributed by atoms with Crippen molar-refractivity contribution in [3.05, 3.63) is 17.7 Å². The summed E-state index contributed by atoms with van der Waals surface area (Å²) in [5.41, 5.74) is 1.83.